The highest BCUT2D eigenvalue weighted by molar-refractivity contribution is 7.90. The van der Waals surface area contributed by atoms with Crippen LogP contribution in [0.25, 0.3) is 11.3 Å². The van der Waals surface area contributed by atoms with Gasteiger partial charge in [-0.2, -0.15) is 0 Å². The minimum Gasteiger partial charge on any atom is -0.392 e. The van der Waals surface area contributed by atoms with E-state index >= 15 is 0 Å². The highest BCUT2D eigenvalue weighted by Crippen LogP contribution is 2.23. The first-order chi connectivity index (χ1) is 13.3. The number of sulfone groups is 1. The smallest absolute Gasteiger partial charge is 0.151 e. The summed E-state index contributed by atoms with van der Waals surface area (Å²) in [5.41, 5.74) is 3.94. The summed E-state index contributed by atoms with van der Waals surface area (Å²) in [4.78, 5) is 8.55. The minimum absolute atomic E-state index is 0.0372. The van der Waals surface area contributed by atoms with E-state index in [9.17, 15) is 13.5 Å². The van der Waals surface area contributed by atoms with Crippen LogP contribution in [0.4, 0.5) is 5.82 Å². The monoisotopic (exact) mass is 399 g/mol. The van der Waals surface area contributed by atoms with Gasteiger partial charge in [0.05, 0.1) is 18.1 Å². The maximum Gasteiger partial charge on any atom is 0.151 e. The lowest BCUT2D eigenvalue weighted by molar-refractivity contribution is 0.282. The molecule has 2 N–H and O–H groups in total. The molecule has 7 heteroatoms. The molecule has 28 heavy (non-hydrogen) atoms. The van der Waals surface area contributed by atoms with Crippen molar-refractivity contribution in [3.05, 3.63) is 77.8 Å². The van der Waals surface area contributed by atoms with Crippen LogP contribution in [0.3, 0.4) is 0 Å². The summed E-state index contributed by atoms with van der Waals surface area (Å²) in [6.45, 7) is 3.61. The molecule has 0 spiro atoms. The molecule has 2 rings (SSSR count). The van der Waals surface area contributed by atoms with Crippen molar-refractivity contribution in [3.8, 4) is 11.3 Å². The molecule has 0 saturated heterocycles. The standard InChI is InChI=1S/C21H25N3O3S/c1-4-18(10-7-8-16(2)14-28(3,26)27)24-21-12-20(22-15-23-21)19-11-6-5-9-17(19)13-25/h4-12,15,25H,13-14H2,1-3H3,(H,22,23,24)/b10-7-,16-8+,18-4+. The molecular formula is C21H25N3O3S. The Morgan fingerprint density at radius 3 is 2.68 bits per heavy atom. The summed E-state index contributed by atoms with van der Waals surface area (Å²) in [6.07, 6.45) is 9.99. The molecule has 0 aliphatic rings. The van der Waals surface area contributed by atoms with Gasteiger partial charge in [-0.1, -0.05) is 48.1 Å². The Balaban J connectivity index is 2.16. The third-order valence-corrected chi connectivity index (χ3v) is 4.84. The number of aromatic nitrogens is 2. The second kappa shape index (κ2) is 9.96. The van der Waals surface area contributed by atoms with Gasteiger partial charge >= 0.3 is 0 Å². The number of rotatable bonds is 8. The van der Waals surface area contributed by atoms with Crippen LogP contribution >= 0.6 is 0 Å². The van der Waals surface area contributed by atoms with Gasteiger partial charge in [-0.3, -0.25) is 0 Å². The Hall–Kier alpha value is -2.77. The van der Waals surface area contributed by atoms with E-state index < -0.39 is 9.84 Å². The van der Waals surface area contributed by atoms with Gasteiger partial charge in [0.25, 0.3) is 0 Å². The molecular weight excluding hydrogens is 374 g/mol. The third-order valence-electron chi connectivity index (χ3n) is 3.86. The molecule has 1 aromatic carbocycles. The summed E-state index contributed by atoms with van der Waals surface area (Å²) in [7, 11) is -3.03. The van der Waals surface area contributed by atoms with E-state index in [1.165, 1.54) is 12.6 Å². The van der Waals surface area contributed by atoms with E-state index in [0.29, 0.717) is 11.5 Å². The number of nitrogens with zero attached hydrogens (tertiary/aromatic N) is 2. The summed E-state index contributed by atoms with van der Waals surface area (Å²) in [5.74, 6) is 0.655. The van der Waals surface area contributed by atoms with Crippen molar-refractivity contribution < 1.29 is 13.5 Å². The van der Waals surface area contributed by atoms with Gasteiger partial charge in [-0.15, -0.1) is 0 Å². The number of allylic oxidation sites excluding steroid dienone is 4. The zero-order chi connectivity index (χ0) is 20.6. The number of nitrogens with one attached hydrogen (secondary N) is 1. The fourth-order valence-corrected chi connectivity index (χ4v) is 3.54. The molecule has 0 aliphatic heterocycles. The molecule has 1 heterocycles. The van der Waals surface area contributed by atoms with Gasteiger partial charge in [0.1, 0.15) is 12.1 Å². The van der Waals surface area contributed by atoms with Crippen molar-refractivity contribution in [1.82, 2.24) is 9.97 Å². The molecule has 0 atom stereocenters. The van der Waals surface area contributed by atoms with Crippen LogP contribution in [0, 0.1) is 0 Å². The summed E-state index contributed by atoms with van der Waals surface area (Å²) < 4.78 is 22.6. The van der Waals surface area contributed by atoms with Crippen molar-refractivity contribution in [2.75, 3.05) is 17.3 Å². The molecule has 2 aromatic rings. The van der Waals surface area contributed by atoms with Gasteiger partial charge in [-0.05, 0) is 25.5 Å². The zero-order valence-corrected chi connectivity index (χ0v) is 17.1. The molecule has 0 amide bonds. The molecule has 0 fully saturated rings. The molecule has 1 aromatic heterocycles. The fourth-order valence-electron chi connectivity index (χ4n) is 2.62. The van der Waals surface area contributed by atoms with Crippen LogP contribution in [0.5, 0.6) is 0 Å². The summed E-state index contributed by atoms with van der Waals surface area (Å²) >= 11 is 0. The van der Waals surface area contributed by atoms with E-state index in [0.717, 1.165) is 22.4 Å². The van der Waals surface area contributed by atoms with Crippen molar-refractivity contribution in [2.24, 2.45) is 0 Å². The maximum atomic E-state index is 11.3. The maximum absolute atomic E-state index is 11.3. The van der Waals surface area contributed by atoms with Gasteiger partial charge in [0.15, 0.2) is 9.84 Å². The Labute approximate surface area is 166 Å². The number of hydrogen-bond acceptors (Lipinski definition) is 6. The fraction of sp³-hybridized carbons (Fsp3) is 0.238. The average molecular weight is 400 g/mol. The topological polar surface area (TPSA) is 92.2 Å². The van der Waals surface area contributed by atoms with Crippen LogP contribution in [0.1, 0.15) is 19.4 Å². The van der Waals surface area contributed by atoms with Gasteiger partial charge in [-0.25, -0.2) is 18.4 Å². The number of aliphatic hydroxyl groups is 1. The highest BCUT2D eigenvalue weighted by Gasteiger charge is 2.07. The third kappa shape index (κ3) is 6.75. The number of benzene rings is 1. The largest absolute Gasteiger partial charge is 0.392 e. The SMILES string of the molecule is C\C=C(/C=C\C=C(/C)CS(C)(=O)=O)Nc1cc(-c2ccccc2CO)ncn1. The van der Waals surface area contributed by atoms with E-state index in [1.807, 2.05) is 49.4 Å². The quantitative estimate of drug-likeness (QED) is 0.660. The van der Waals surface area contributed by atoms with Gasteiger partial charge in [0, 0.05) is 23.6 Å². The summed E-state index contributed by atoms with van der Waals surface area (Å²) in [5, 5.41) is 12.7. The number of hydrogen-bond donors (Lipinski definition) is 2. The van der Waals surface area contributed by atoms with E-state index in [-0.39, 0.29) is 12.4 Å². The second-order valence-electron chi connectivity index (χ2n) is 6.41. The molecule has 0 bridgehead atoms. The number of aliphatic hydroxyl groups excluding tert-OH is 1. The lowest BCUT2D eigenvalue weighted by Gasteiger charge is -2.09. The summed E-state index contributed by atoms with van der Waals surface area (Å²) in [6, 6.07) is 9.35. The normalized spacial score (nSPS) is 13.1. The molecule has 6 nitrogen and oxygen atoms in total. The van der Waals surface area contributed by atoms with Gasteiger partial charge < -0.3 is 10.4 Å². The van der Waals surface area contributed by atoms with E-state index in [4.69, 9.17) is 0 Å². The molecule has 0 unspecified atom stereocenters. The average Bonchev–Trinajstić information content (AvgIpc) is 2.66. The van der Waals surface area contributed by atoms with Crippen molar-refractivity contribution >= 4 is 15.7 Å². The Morgan fingerprint density at radius 2 is 2.00 bits per heavy atom. The molecule has 0 aliphatic carbocycles. The van der Waals surface area contributed by atoms with Gasteiger partial charge in [0.2, 0.25) is 0 Å². The predicted octanol–water partition coefficient (Wildman–Crippen LogP) is 3.50. The first-order valence-electron chi connectivity index (χ1n) is 8.78. The van der Waals surface area contributed by atoms with E-state index in [2.05, 4.69) is 15.3 Å². The Bertz CT molecular complexity index is 1010. The van der Waals surface area contributed by atoms with Crippen LogP contribution in [0.15, 0.2) is 72.2 Å². The van der Waals surface area contributed by atoms with Crippen LogP contribution in [-0.2, 0) is 16.4 Å². The lowest BCUT2D eigenvalue weighted by Crippen LogP contribution is -2.03. The number of anilines is 1. The van der Waals surface area contributed by atoms with Crippen molar-refractivity contribution in [1.29, 1.82) is 0 Å². The Kier molecular flexibility index (Phi) is 7.66. The van der Waals surface area contributed by atoms with Crippen LogP contribution in [0.2, 0.25) is 0 Å². The first-order valence-corrected chi connectivity index (χ1v) is 10.8. The van der Waals surface area contributed by atoms with Crippen molar-refractivity contribution in [2.45, 2.75) is 20.5 Å². The minimum atomic E-state index is -3.03. The van der Waals surface area contributed by atoms with Crippen LogP contribution in [-0.4, -0.2) is 35.5 Å². The van der Waals surface area contributed by atoms with E-state index in [1.54, 1.807) is 19.1 Å². The van der Waals surface area contributed by atoms with Crippen LogP contribution < -0.4 is 5.32 Å². The highest BCUT2D eigenvalue weighted by atomic mass is 32.2. The molecule has 0 saturated carbocycles. The predicted molar refractivity (Wildman–Crippen MR) is 113 cm³/mol. The lowest BCUT2D eigenvalue weighted by atomic mass is 10.0. The molecule has 148 valence electrons. The Morgan fingerprint density at radius 1 is 1.25 bits per heavy atom. The molecule has 0 radical (unpaired) electrons. The van der Waals surface area contributed by atoms with Crippen molar-refractivity contribution in [3.63, 3.8) is 0 Å². The second-order valence-corrected chi connectivity index (χ2v) is 8.56. The first kappa shape index (κ1) is 21.5. The zero-order valence-electron chi connectivity index (χ0n) is 16.3.